The number of rotatable bonds is 6. The van der Waals surface area contributed by atoms with Crippen LogP contribution in [0.2, 0.25) is 0 Å². The summed E-state index contributed by atoms with van der Waals surface area (Å²) < 4.78 is 10.6. The number of esters is 2. The molecule has 0 amide bonds. The molecule has 0 aromatic heterocycles. The number of hydrogen-bond acceptors (Lipinski definition) is 9. The molecule has 0 aliphatic carbocycles. The molecule has 2 N–H and O–H groups in total. The van der Waals surface area contributed by atoms with Gasteiger partial charge in [0.2, 0.25) is 0 Å². The lowest BCUT2D eigenvalue weighted by Gasteiger charge is -2.43. The van der Waals surface area contributed by atoms with Gasteiger partial charge in [-0.15, -0.1) is 0 Å². The third kappa shape index (κ3) is 5.96. The summed E-state index contributed by atoms with van der Waals surface area (Å²) in [5.41, 5.74) is 1.04. The molecule has 230 valence electrons. The molecule has 4 aliphatic heterocycles. The molecule has 4 heterocycles. The van der Waals surface area contributed by atoms with Crippen molar-refractivity contribution in [2.75, 3.05) is 21.2 Å². The van der Waals surface area contributed by atoms with Gasteiger partial charge in [-0.05, 0) is 51.9 Å². The van der Waals surface area contributed by atoms with Crippen LogP contribution in [0.1, 0.15) is 52.8 Å². The van der Waals surface area contributed by atoms with Crippen LogP contribution in [0.4, 0.5) is 0 Å². The van der Waals surface area contributed by atoms with E-state index in [0.29, 0.717) is 30.0 Å². The number of carbonyl (C=O) groups excluding carboxylic acids is 3. The Morgan fingerprint density at radius 2 is 1.28 bits per heavy atom. The minimum absolute atomic E-state index is 0.0756. The van der Waals surface area contributed by atoms with Crippen molar-refractivity contribution in [3.63, 3.8) is 0 Å². The van der Waals surface area contributed by atoms with Crippen LogP contribution in [0.3, 0.4) is 0 Å². The molecule has 4 saturated heterocycles. The number of carbonyl (C=O) groups is 4. The summed E-state index contributed by atoms with van der Waals surface area (Å²) in [5, 5.41) is 19.9. The van der Waals surface area contributed by atoms with E-state index in [9.17, 15) is 29.4 Å². The number of benzene rings is 2. The van der Waals surface area contributed by atoms with Crippen molar-refractivity contribution in [1.82, 2.24) is 9.80 Å². The van der Waals surface area contributed by atoms with Crippen molar-refractivity contribution in [3.8, 4) is 0 Å². The van der Waals surface area contributed by atoms with E-state index < -0.39 is 35.9 Å². The predicted octanol–water partition coefficient (Wildman–Crippen LogP) is 2.89. The van der Waals surface area contributed by atoms with Crippen LogP contribution >= 0.6 is 0 Å². The number of aliphatic hydroxyl groups is 1. The monoisotopic (exact) mass is 592 g/mol. The molecular weight excluding hydrogens is 552 g/mol. The molecular formula is C33H40N2O8. The normalized spacial score (nSPS) is 33.2. The number of hydrogen-bond donors (Lipinski definition) is 2. The summed E-state index contributed by atoms with van der Waals surface area (Å²) >= 11 is 0. The smallest absolute Gasteiger partial charge is 0.338 e. The fourth-order valence-corrected chi connectivity index (χ4v) is 7.74. The number of aliphatic hydroxyl groups excluding tert-OH is 1. The average molecular weight is 593 g/mol. The van der Waals surface area contributed by atoms with Gasteiger partial charge >= 0.3 is 17.9 Å². The van der Waals surface area contributed by atoms with E-state index in [2.05, 4.69) is 4.90 Å². The first-order valence-corrected chi connectivity index (χ1v) is 14.9. The van der Waals surface area contributed by atoms with Crippen LogP contribution in [0.25, 0.3) is 0 Å². The van der Waals surface area contributed by atoms with Crippen molar-refractivity contribution in [2.45, 2.75) is 68.5 Å². The quantitative estimate of drug-likeness (QED) is 0.381. The zero-order chi connectivity index (χ0) is 30.8. The molecule has 4 fully saturated rings. The van der Waals surface area contributed by atoms with Crippen molar-refractivity contribution in [2.24, 2.45) is 17.8 Å². The van der Waals surface area contributed by atoms with E-state index in [1.54, 1.807) is 48.5 Å². The Morgan fingerprint density at radius 1 is 0.744 bits per heavy atom. The first-order valence-electron chi connectivity index (χ1n) is 14.9. The molecule has 0 radical (unpaired) electrons. The Hall–Kier alpha value is -3.60. The molecule has 9 atom stereocenters. The number of carboxylic acids is 1. The van der Waals surface area contributed by atoms with Crippen molar-refractivity contribution < 1.29 is 38.9 Å². The molecule has 4 bridgehead atoms. The number of Topliss-reactive ketones (excluding diaryl/α,β-unsaturated/α-hetero) is 1. The first-order chi connectivity index (χ1) is 20.6. The number of ketones is 1. The molecule has 43 heavy (non-hydrogen) atoms. The number of methoxy groups -OCH3 is 1. The second-order valence-electron chi connectivity index (χ2n) is 12.0. The number of fused-ring (bicyclic) bond motifs is 4. The molecule has 2 aromatic rings. The van der Waals surface area contributed by atoms with Gasteiger partial charge in [-0.2, -0.15) is 0 Å². The number of piperidine rings is 2. The van der Waals surface area contributed by atoms with Crippen LogP contribution in [0.5, 0.6) is 0 Å². The lowest BCUT2D eigenvalue weighted by Crippen LogP contribution is -2.59. The van der Waals surface area contributed by atoms with Gasteiger partial charge < -0.3 is 19.7 Å². The van der Waals surface area contributed by atoms with E-state index in [0.717, 1.165) is 19.3 Å². The van der Waals surface area contributed by atoms with E-state index in [4.69, 9.17) is 9.47 Å². The minimum Gasteiger partial charge on any atom is -0.481 e. The lowest BCUT2D eigenvalue weighted by molar-refractivity contribution is -0.156. The molecule has 4 aliphatic rings. The number of nitrogens with zero attached hydrogens (tertiary/aromatic N) is 2. The Bertz CT molecular complexity index is 1320. The molecule has 5 unspecified atom stereocenters. The van der Waals surface area contributed by atoms with E-state index in [1.807, 2.05) is 31.1 Å². The number of ether oxygens (including phenoxy) is 2. The molecule has 10 nitrogen and oxygen atoms in total. The van der Waals surface area contributed by atoms with Gasteiger partial charge in [0.05, 0.1) is 30.6 Å². The summed E-state index contributed by atoms with van der Waals surface area (Å²) in [5.74, 6) is -3.81. The minimum atomic E-state index is -1.12. The van der Waals surface area contributed by atoms with Gasteiger partial charge in [0, 0.05) is 36.2 Å². The van der Waals surface area contributed by atoms with Crippen LogP contribution < -0.4 is 0 Å². The van der Waals surface area contributed by atoms with Gasteiger partial charge in [0.25, 0.3) is 0 Å². The predicted molar refractivity (Wildman–Crippen MR) is 156 cm³/mol. The fourth-order valence-electron chi connectivity index (χ4n) is 7.74. The van der Waals surface area contributed by atoms with Gasteiger partial charge in [-0.3, -0.25) is 24.2 Å². The third-order valence-corrected chi connectivity index (χ3v) is 9.97. The number of aliphatic carboxylic acids is 1. The highest BCUT2D eigenvalue weighted by Gasteiger charge is 2.56. The largest absolute Gasteiger partial charge is 0.481 e. The summed E-state index contributed by atoms with van der Waals surface area (Å²) in [6.45, 7) is 0. The molecule has 0 saturated carbocycles. The van der Waals surface area contributed by atoms with Crippen molar-refractivity contribution in [3.05, 3.63) is 71.8 Å². The van der Waals surface area contributed by atoms with Gasteiger partial charge in [0.1, 0.15) is 12.0 Å². The highest BCUT2D eigenvalue weighted by molar-refractivity contribution is 5.99. The maximum absolute atomic E-state index is 12.7. The van der Waals surface area contributed by atoms with E-state index >= 15 is 0 Å². The first kappa shape index (κ1) is 30.8. The highest BCUT2D eigenvalue weighted by Crippen LogP contribution is 2.43. The van der Waals surface area contributed by atoms with Gasteiger partial charge in [-0.25, -0.2) is 4.79 Å². The molecule has 2 aromatic carbocycles. The second kappa shape index (κ2) is 13.0. The topological polar surface area (TPSA) is 134 Å². The second-order valence-corrected chi connectivity index (χ2v) is 12.0. The van der Waals surface area contributed by atoms with E-state index in [-0.39, 0.29) is 35.8 Å². The lowest BCUT2D eigenvalue weighted by atomic mass is 9.76. The summed E-state index contributed by atoms with van der Waals surface area (Å²) in [6.07, 6.45) is 2.61. The van der Waals surface area contributed by atoms with Crippen LogP contribution in [-0.4, -0.2) is 101 Å². The van der Waals surface area contributed by atoms with Gasteiger partial charge in [0.15, 0.2) is 5.78 Å². The summed E-state index contributed by atoms with van der Waals surface area (Å²) in [4.78, 5) is 52.9. The van der Waals surface area contributed by atoms with Gasteiger partial charge in [-0.1, -0.05) is 48.5 Å². The Morgan fingerprint density at radius 3 is 1.86 bits per heavy atom. The van der Waals surface area contributed by atoms with Crippen LogP contribution in [-0.2, 0) is 19.1 Å². The third-order valence-electron chi connectivity index (χ3n) is 9.97. The van der Waals surface area contributed by atoms with Crippen molar-refractivity contribution in [1.29, 1.82) is 0 Å². The SMILES string of the molecule is CN1[C@@H]2CC[C@H]1C(C(=O)c1ccccc1)[C@H](O)[C@@H]2C(=O)O.COC(=O)C1C(OC(=O)c2ccccc2)CC2CCC1N2C. The van der Waals surface area contributed by atoms with Crippen molar-refractivity contribution >= 4 is 23.7 Å². The Labute approximate surface area is 251 Å². The molecule has 0 spiro atoms. The number of carboxylic acid groups (broad SMARTS) is 1. The maximum atomic E-state index is 12.7. The standard InChI is InChI=1S/C17H21NO4.C16H19NO4/c1-18-12-8-9-13(18)15(17(20)21-2)14(10-12)22-16(19)11-6-4-3-5-7-11;1-17-10-7-8-11(17)13(16(20)21)15(19)12(10)14(18)9-5-3-2-4-6-9/h3-7,12-15H,8-10H2,1-2H3;2-6,10-13,15,19H,7-8H2,1H3,(H,20,21)/t;10-,11+,12?,13+,15-/m.0/s1. The Kier molecular flexibility index (Phi) is 9.29. The summed E-state index contributed by atoms with van der Waals surface area (Å²) in [6, 6.07) is 17.9. The van der Waals surface area contributed by atoms with Crippen LogP contribution in [0.15, 0.2) is 60.7 Å². The zero-order valence-corrected chi connectivity index (χ0v) is 24.7. The fraction of sp³-hybridized carbons (Fsp3) is 0.515. The highest BCUT2D eigenvalue weighted by atomic mass is 16.6. The van der Waals surface area contributed by atoms with E-state index in [1.165, 1.54) is 7.11 Å². The molecule has 6 rings (SSSR count). The summed E-state index contributed by atoms with van der Waals surface area (Å²) in [7, 11) is 5.28. The average Bonchev–Trinajstić information content (AvgIpc) is 3.41. The van der Waals surface area contributed by atoms with Crippen LogP contribution in [0, 0.1) is 17.8 Å². The maximum Gasteiger partial charge on any atom is 0.338 e. The Balaban J connectivity index is 0.000000171. The molecule has 10 heteroatoms. The zero-order valence-electron chi connectivity index (χ0n) is 24.7.